The summed E-state index contributed by atoms with van der Waals surface area (Å²) in [6, 6.07) is 46.3. The first-order valence-electron chi connectivity index (χ1n) is 21.1. The van der Waals surface area contributed by atoms with Crippen LogP contribution in [0.1, 0.15) is 16.7 Å². The number of hydrogen-bond acceptors (Lipinski definition) is 3. The lowest BCUT2D eigenvalue weighted by atomic mass is 9.94. The molecular formula is C54H30F9N5. The number of alkyl halides is 9. The van der Waals surface area contributed by atoms with Crippen molar-refractivity contribution in [2.45, 2.75) is 18.5 Å². The fourth-order valence-electron chi connectivity index (χ4n) is 9.00. The molecule has 0 fully saturated rings. The average Bonchev–Trinajstić information content (AvgIpc) is 3.85. The van der Waals surface area contributed by atoms with Crippen molar-refractivity contribution in [1.82, 2.24) is 24.1 Å². The number of nitrogens with zero attached hydrogens (tertiary/aromatic N) is 5. The van der Waals surface area contributed by atoms with Crippen molar-refractivity contribution in [2.75, 3.05) is 0 Å². The molecule has 0 unspecified atom stereocenters. The Labute approximate surface area is 380 Å². The van der Waals surface area contributed by atoms with Crippen LogP contribution in [-0.4, -0.2) is 24.1 Å². The third-order valence-electron chi connectivity index (χ3n) is 12.1. The van der Waals surface area contributed by atoms with Gasteiger partial charge in [0.1, 0.15) is 0 Å². The Balaban J connectivity index is 1.23. The van der Waals surface area contributed by atoms with Crippen molar-refractivity contribution < 1.29 is 39.5 Å². The highest BCUT2D eigenvalue weighted by atomic mass is 19.4. The molecule has 0 radical (unpaired) electrons. The van der Waals surface area contributed by atoms with Crippen molar-refractivity contribution in [3.05, 3.63) is 199 Å². The highest BCUT2D eigenvalue weighted by Gasteiger charge is 2.36. The van der Waals surface area contributed by atoms with Crippen LogP contribution in [0.3, 0.4) is 0 Å². The zero-order valence-electron chi connectivity index (χ0n) is 35.0. The number of fused-ring (bicyclic) bond motifs is 6. The molecule has 5 nitrogen and oxygen atoms in total. The maximum absolute atomic E-state index is 15.7. The van der Waals surface area contributed by atoms with E-state index in [-0.39, 0.29) is 44.7 Å². The van der Waals surface area contributed by atoms with Crippen LogP contribution in [0, 0.1) is 0 Å². The first kappa shape index (κ1) is 42.4. The summed E-state index contributed by atoms with van der Waals surface area (Å²) in [5.41, 5.74) is 0.258. The van der Waals surface area contributed by atoms with Gasteiger partial charge in [0.05, 0.1) is 44.4 Å². The van der Waals surface area contributed by atoms with Crippen molar-refractivity contribution >= 4 is 43.6 Å². The second-order valence-electron chi connectivity index (χ2n) is 16.2. The average molecular weight is 920 g/mol. The van der Waals surface area contributed by atoms with Crippen molar-refractivity contribution in [1.29, 1.82) is 0 Å². The minimum absolute atomic E-state index is 0.00212. The molecule has 0 saturated heterocycles. The van der Waals surface area contributed by atoms with Crippen molar-refractivity contribution in [2.24, 2.45) is 0 Å². The summed E-state index contributed by atoms with van der Waals surface area (Å²) in [5, 5.41) is 1.33. The third-order valence-corrected chi connectivity index (χ3v) is 12.1. The summed E-state index contributed by atoms with van der Waals surface area (Å²) >= 11 is 0. The van der Waals surface area contributed by atoms with E-state index in [1.807, 2.05) is 60.7 Å². The molecule has 0 aliphatic carbocycles. The molecule has 14 heteroatoms. The van der Waals surface area contributed by atoms with Crippen molar-refractivity contribution in [3.8, 4) is 56.7 Å². The second kappa shape index (κ2) is 15.7. The maximum atomic E-state index is 15.7. The Morgan fingerprint density at radius 1 is 0.324 bits per heavy atom. The van der Waals surface area contributed by atoms with Crippen LogP contribution < -0.4 is 0 Å². The molecule has 0 atom stereocenters. The summed E-state index contributed by atoms with van der Waals surface area (Å²) in [4.78, 5) is 14.4. The molecule has 0 amide bonds. The molecule has 0 aliphatic rings. The maximum Gasteiger partial charge on any atom is 0.417 e. The Bertz CT molecular complexity index is 3700. The molecule has 0 spiro atoms. The number of rotatable bonds is 6. The fourth-order valence-corrected chi connectivity index (χ4v) is 9.00. The Kier molecular flexibility index (Phi) is 9.78. The van der Waals surface area contributed by atoms with Crippen LogP contribution in [-0.2, 0) is 18.5 Å². The molecule has 8 aromatic carbocycles. The lowest BCUT2D eigenvalue weighted by Crippen LogP contribution is -2.10. The molecule has 68 heavy (non-hydrogen) atoms. The van der Waals surface area contributed by atoms with Gasteiger partial charge in [-0.05, 0) is 90.5 Å². The summed E-state index contributed by atoms with van der Waals surface area (Å²) < 4.78 is 135. The van der Waals surface area contributed by atoms with E-state index in [4.69, 9.17) is 15.0 Å². The molecule has 0 aliphatic heterocycles. The van der Waals surface area contributed by atoms with E-state index in [0.29, 0.717) is 55.6 Å². The minimum atomic E-state index is -4.96. The number of halogens is 9. The molecule has 3 heterocycles. The van der Waals surface area contributed by atoms with Gasteiger partial charge < -0.3 is 9.13 Å². The van der Waals surface area contributed by atoms with E-state index >= 15 is 13.2 Å². The third kappa shape index (κ3) is 7.28. The summed E-state index contributed by atoms with van der Waals surface area (Å²) in [5.74, 6) is 0.706. The number of aromatic nitrogens is 5. The first-order valence-corrected chi connectivity index (χ1v) is 21.1. The van der Waals surface area contributed by atoms with Crippen LogP contribution in [0.2, 0.25) is 0 Å². The molecule has 0 saturated carbocycles. The van der Waals surface area contributed by atoms with Gasteiger partial charge in [-0.3, -0.25) is 0 Å². The van der Waals surface area contributed by atoms with E-state index in [1.54, 1.807) is 69.8 Å². The smallest absolute Gasteiger partial charge is 0.309 e. The SMILES string of the molecule is FC(F)(F)c1ccc2c(c1)c1ccccc1n2-c1ccc(C(F)(F)F)c(-c2cc(-c3nc(-c4ccccc4)nc(-c4ccccc4)n3)ccc2-n2c3ccccc3c3cc(C(F)(F)F)ccc32)c1. The fraction of sp³-hybridized carbons (Fsp3) is 0.0556. The van der Waals surface area contributed by atoms with Gasteiger partial charge in [-0.25, -0.2) is 15.0 Å². The topological polar surface area (TPSA) is 48.5 Å². The largest absolute Gasteiger partial charge is 0.417 e. The van der Waals surface area contributed by atoms with Crippen LogP contribution in [0.15, 0.2) is 182 Å². The molecule has 334 valence electrons. The highest BCUT2D eigenvalue weighted by molar-refractivity contribution is 6.11. The zero-order chi connectivity index (χ0) is 47.1. The van der Waals surface area contributed by atoms with Crippen molar-refractivity contribution in [3.63, 3.8) is 0 Å². The predicted octanol–water partition coefficient (Wildman–Crippen LogP) is 15.8. The Hall–Kier alpha value is -8.26. The van der Waals surface area contributed by atoms with Gasteiger partial charge in [-0.1, -0.05) is 97.1 Å². The van der Waals surface area contributed by atoms with Crippen LogP contribution in [0.4, 0.5) is 39.5 Å². The molecule has 11 aromatic rings. The molecule has 0 bridgehead atoms. The quantitative estimate of drug-likeness (QED) is 0.156. The summed E-state index contributed by atoms with van der Waals surface area (Å²) in [6.45, 7) is 0. The number of para-hydroxylation sites is 2. The van der Waals surface area contributed by atoms with E-state index in [2.05, 4.69) is 0 Å². The monoisotopic (exact) mass is 919 g/mol. The Morgan fingerprint density at radius 2 is 0.779 bits per heavy atom. The predicted molar refractivity (Wildman–Crippen MR) is 245 cm³/mol. The van der Waals surface area contributed by atoms with Gasteiger partial charge in [-0.15, -0.1) is 0 Å². The van der Waals surface area contributed by atoms with Gasteiger partial charge in [0.15, 0.2) is 17.5 Å². The Morgan fingerprint density at radius 3 is 1.29 bits per heavy atom. The van der Waals surface area contributed by atoms with Gasteiger partial charge in [-0.2, -0.15) is 39.5 Å². The second-order valence-corrected chi connectivity index (χ2v) is 16.2. The summed E-state index contributed by atoms with van der Waals surface area (Å²) in [7, 11) is 0. The zero-order valence-corrected chi connectivity index (χ0v) is 35.0. The molecule has 0 N–H and O–H groups in total. The van der Waals surface area contributed by atoms with E-state index in [1.165, 1.54) is 30.3 Å². The van der Waals surface area contributed by atoms with E-state index in [0.717, 1.165) is 30.3 Å². The lowest BCUT2D eigenvalue weighted by molar-refractivity contribution is -0.138. The minimum Gasteiger partial charge on any atom is -0.309 e. The number of benzene rings is 8. The molecule has 11 rings (SSSR count). The summed E-state index contributed by atoms with van der Waals surface area (Å²) in [6.07, 6.45) is -14.3. The van der Waals surface area contributed by atoms with E-state index < -0.39 is 35.2 Å². The van der Waals surface area contributed by atoms with E-state index in [9.17, 15) is 26.3 Å². The van der Waals surface area contributed by atoms with Crippen LogP contribution in [0.25, 0.3) is 100 Å². The van der Waals surface area contributed by atoms with Gasteiger partial charge in [0.2, 0.25) is 0 Å². The van der Waals surface area contributed by atoms with Gasteiger partial charge in [0, 0.05) is 49.5 Å². The number of hydrogen-bond donors (Lipinski definition) is 0. The van der Waals surface area contributed by atoms with Crippen LogP contribution in [0.5, 0.6) is 0 Å². The lowest BCUT2D eigenvalue weighted by Gasteiger charge is -2.21. The van der Waals surface area contributed by atoms with Gasteiger partial charge in [0.25, 0.3) is 0 Å². The molecular weight excluding hydrogens is 890 g/mol. The van der Waals surface area contributed by atoms with Crippen LogP contribution >= 0.6 is 0 Å². The highest BCUT2D eigenvalue weighted by Crippen LogP contribution is 2.46. The normalized spacial score (nSPS) is 12.5. The van der Waals surface area contributed by atoms with Gasteiger partial charge >= 0.3 is 18.5 Å². The standard InChI is InChI=1S/C54H30F9N5/c55-52(56,57)34-20-25-46-41(28-34)37-15-7-9-17-44(37)67(46)36-22-23-43(54(61,62)63)39(30-36)40-27-33(51-65-49(31-11-3-1-4-12-31)64-50(66-51)32-13-5-2-6-14-32)19-24-47(40)68-45-18-10-8-16-38(45)42-29-35(53(58,59)60)21-26-48(42)68/h1-30H. The molecule has 3 aromatic heterocycles. The first-order chi connectivity index (χ1) is 32.6.